The molecule has 1 heterocycles. The van der Waals surface area contributed by atoms with E-state index in [1.165, 1.54) is 0 Å². The van der Waals surface area contributed by atoms with Crippen LogP contribution in [0.4, 0.5) is 19.0 Å². The summed E-state index contributed by atoms with van der Waals surface area (Å²) < 4.78 is 38.1. The van der Waals surface area contributed by atoms with Crippen LogP contribution < -0.4 is 11.1 Å². The first-order valence-electron chi connectivity index (χ1n) is 7.79. The summed E-state index contributed by atoms with van der Waals surface area (Å²) in [5, 5.41) is 6.36. The molecule has 2 aromatic rings. The average Bonchev–Trinajstić information content (AvgIpc) is 2.88. The third kappa shape index (κ3) is 4.74. The molecule has 0 bridgehead atoms. The van der Waals surface area contributed by atoms with Crippen molar-refractivity contribution >= 4 is 11.7 Å². The lowest BCUT2D eigenvalue weighted by Crippen LogP contribution is -2.37. The molecule has 136 valence electrons. The Bertz CT molecular complexity index is 760. The molecule has 8 heteroatoms. The predicted molar refractivity (Wildman–Crippen MR) is 89.4 cm³/mol. The van der Waals surface area contributed by atoms with Crippen molar-refractivity contribution in [3.05, 3.63) is 41.6 Å². The molecule has 5 nitrogen and oxygen atoms in total. The third-order valence-corrected chi connectivity index (χ3v) is 3.62. The van der Waals surface area contributed by atoms with Gasteiger partial charge in [-0.25, -0.2) is 4.68 Å². The highest BCUT2D eigenvalue weighted by molar-refractivity contribution is 5.81. The molecule has 1 aromatic carbocycles. The summed E-state index contributed by atoms with van der Waals surface area (Å²) >= 11 is 0. The lowest BCUT2D eigenvalue weighted by atomic mass is 9.92. The minimum Gasteiger partial charge on any atom is -0.384 e. The molecule has 25 heavy (non-hydrogen) atoms. The van der Waals surface area contributed by atoms with Gasteiger partial charge in [0.1, 0.15) is 5.82 Å². The van der Waals surface area contributed by atoms with Crippen molar-refractivity contribution in [3.8, 4) is 5.69 Å². The van der Waals surface area contributed by atoms with Crippen LogP contribution in [0.15, 0.2) is 30.3 Å². The molecule has 0 aliphatic rings. The van der Waals surface area contributed by atoms with Gasteiger partial charge in [-0.15, -0.1) is 0 Å². The summed E-state index contributed by atoms with van der Waals surface area (Å²) in [5.74, 6) is -1.46. The number of halogens is 3. The molecular weight excluding hydrogens is 333 g/mol. The second kappa shape index (κ2) is 6.78. The van der Waals surface area contributed by atoms with E-state index in [1.807, 2.05) is 32.2 Å². The summed E-state index contributed by atoms with van der Waals surface area (Å²) in [6, 6.07) is 8.95. The van der Waals surface area contributed by atoms with Gasteiger partial charge in [-0.2, -0.15) is 18.3 Å². The Morgan fingerprint density at radius 2 is 1.92 bits per heavy atom. The molecule has 0 saturated heterocycles. The normalized spacial score (nSPS) is 12.2. The second-order valence-electron chi connectivity index (χ2n) is 6.79. The Balaban J connectivity index is 2.12. The summed E-state index contributed by atoms with van der Waals surface area (Å²) in [4.78, 5) is 10.8. The molecule has 3 N–H and O–H groups in total. The molecule has 0 aliphatic heterocycles. The van der Waals surface area contributed by atoms with E-state index in [2.05, 4.69) is 5.10 Å². The Morgan fingerprint density at radius 1 is 1.24 bits per heavy atom. The summed E-state index contributed by atoms with van der Waals surface area (Å²) in [5.41, 5.74) is 8.20. The van der Waals surface area contributed by atoms with Crippen molar-refractivity contribution in [1.29, 1.82) is 0 Å². The fraction of sp³-hybridized carbons (Fsp3) is 0.412. The number of rotatable bonds is 4. The van der Waals surface area contributed by atoms with E-state index in [9.17, 15) is 18.0 Å². The van der Waals surface area contributed by atoms with E-state index in [-0.39, 0.29) is 18.4 Å². The largest absolute Gasteiger partial charge is 0.471 e. The zero-order valence-electron chi connectivity index (χ0n) is 14.3. The highest BCUT2D eigenvalue weighted by atomic mass is 19.4. The van der Waals surface area contributed by atoms with Crippen molar-refractivity contribution in [1.82, 2.24) is 15.1 Å². The Labute approximate surface area is 144 Å². The third-order valence-electron chi connectivity index (χ3n) is 3.62. The maximum atomic E-state index is 12.2. The number of anilines is 1. The first kappa shape index (κ1) is 18.8. The summed E-state index contributed by atoms with van der Waals surface area (Å²) in [6.07, 6.45) is -4.60. The smallest absolute Gasteiger partial charge is 0.384 e. The van der Waals surface area contributed by atoms with Crippen LogP contribution in [0.1, 0.15) is 32.0 Å². The number of nitrogens with one attached hydrogen (secondary N) is 1. The van der Waals surface area contributed by atoms with Crippen LogP contribution in [0.3, 0.4) is 0 Å². The standard InChI is InChI=1S/C17H21F3N4O/c1-16(2,3)13-10-14(21)24(23-13)12-6-4-5-11(9-12)7-8-22-15(25)17(18,19)20/h4-6,9-10H,7-8,21H2,1-3H3,(H,22,25). The van der Waals surface area contributed by atoms with E-state index in [4.69, 9.17) is 5.73 Å². The number of hydrogen-bond acceptors (Lipinski definition) is 3. The van der Waals surface area contributed by atoms with Gasteiger partial charge in [-0.05, 0) is 24.1 Å². The topological polar surface area (TPSA) is 72.9 Å². The van der Waals surface area contributed by atoms with Crippen molar-refractivity contribution in [2.75, 3.05) is 12.3 Å². The van der Waals surface area contributed by atoms with E-state index in [0.29, 0.717) is 11.5 Å². The Kier molecular flexibility index (Phi) is 5.10. The highest BCUT2D eigenvalue weighted by Gasteiger charge is 2.38. The van der Waals surface area contributed by atoms with E-state index in [0.717, 1.165) is 11.3 Å². The van der Waals surface area contributed by atoms with Crippen molar-refractivity contribution in [2.24, 2.45) is 0 Å². The van der Waals surface area contributed by atoms with E-state index in [1.54, 1.807) is 28.9 Å². The zero-order chi connectivity index (χ0) is 18.8. The molecule has 0 atom stereocenters. The SMILES string of the molecule is CC(C)(C)c1cc(N)n(-c2cccc(CCNC(=O)C(F)(F)F)c2)n1. The van der Waals surface area contributed by atoms with Gasteiger partial charge in [0, 0.05) is 18.0 Å². The highest BCUT2D eigenvalue weighted by Crippen LogP contribution is 2.25. The summed E-state index contributed by atoms with van der Waals surface area (Å²) in [6.45, 7) is 5.97. The van der Waals surface area contributed by atoms with Crippen LogP contribution in [-0.2, 0) is 16.6 Å². The number of alkyl halides is 3. The number of carbonyl (C=O) groups excluding carboxylic acids is 1. The number of aromatic nitrogens is 2. The Morgan fingerprint density at radius 3 is 2.48 bits per heavy atom. The molecule has 0 aliphatic carbocycles. The number of nitrogens with two attached hydrogens (primary N) is 1. The van der Waals surface area contributed by atoms with Gasteiger partial charge in [-0.3, -0.25) is 4.79 Å². The van der Waals surface area contributed by atoms with Gasteiger partial charge < -0.3 is 11.1 Å². The van der Waals surface area contributed by atoms with Crippen LogP contribution in [-0.4, -0.2) is 28.4 Å². The number of nitrogen functional groups attached to an aromatic ring is 1. The molecule has 1 amide bonds. The fourth-order valence-corrected chi connectivity index (χ4v) is 2.23. The number of nitrogens with zero attached hydrogens (tertiary/aromatic N) is 2. The molecule has 1 aromatic heterocycles. The van der Waals surface area contributed by atoms with Gasteiger partial charge in [0.2, 0.25) is 0 Å². The quantitative estimate of drug-likeness (QED) is 0.887. The predicted octanol–water partition coefficient (Wildman–Crippen LogP) is 2.97. The lowest BCUT2D eigenvalue weighted by Gasteiger charge is -2.14. The number of amides is 1. The molecule has 0 fully saturated rings. The summed E-state index contributed by atoms with van der Waals surface area (Å²) in [7, 11) is 0. The number of hydrogen-bond donors (Lipinski definition) is 2. The Hall–Kier alpha value is -2.51. The minimum absolute atomic E-state index is 0.108. The first-order valence-corrected chi connectivity index (χ1v) is 7.79. The van der Waals surface area contributed by atoms with Crippen molar-refractivity contribution in [2.45, 2.75) is 38.8 Å². The van der Waals surface area contributed by atoms with Gasteiger partial charge in [-0.1, -0.05) is 32.9 Å². The van der Waals surface area contributed by atoms with Crippen molar-refractivity contribution in [3.63, 3.8) is 0 Å². The average molecular weight is 354 g/mol. The first-order chi connectivity index (χ1) is 11.5. The lowest BCUT2D eigenvalue weighted by molar-refractivity contribution is -0.173. The maximum Gasteiger partial charge on any atom is 0.471 e. The van der Waals surface area contributed by atoms with Gasteiger partial charge in [0.05, 0.1) is 11.4 Å². The second-order valence-corrected chi connectivity index (χ2v) is 6.79. The van der Waals surface area contributed by atoms with Crippen LogP contribution >= 0.6 is 0 Å². The van der Waals surface area contributed by atoms with Crippen LogP contribution in [0.25, 0.3) is 5.69 Å². The van der Waals surface area contributed by atoms with E-state index >= 15 is 0 Å². The van der Waals surface area contributed by atoms with Crippen LogP contribution in [0, 0.1) is 0 Å². The minimum atomic E-state index is -4.87. The van der Waals surface area contributed by atoms with Crippen LogP contribution in [0.2, 0.25) is 0 Å². The van der Waals surface area contributed by atoms with E-state index < -0.39 is 12.1 Å². The molecule has 2 rings (SSSR count). The molecule has 0 spiro atoms. The van der Waals surface area contributed by atoms with Gasteiger partial charge >= 0.3 is 12.1 Å². The molecule has 0 unspecified atom stereocenters. The molecule has 0 saturated carbocycles. The molecular formula is C17H21F3N4O. The van der Waals surface area contributed by atoms with Gasteiger partial charge in [0.25, 0.3) is 0 Å². The maximum absolute atomic E-state index is 12.2. The zero-order valence-corrected chi connectivity index (χ0v) is 14.3. The van der Waals surface area contributed by atoms with Gasteiger partial charge in [0.15, 0.2) is 0 Å². The molecule has 0 radical (unpaired) electrons. The number of benzene rings is 1. The fourth-order valence-electron chi connectivity index (χ4n) is 2.23. The monoisotopic (exact) mass is 354 g/mol. The number of carbonyl (C=O) groups is 1. The van der Waals surface area contributed by atoms with Crippen molar-refractivity contribution < 1.29 is 18.0 Å². The van der Waals surface area contributed by atoms with Crippen LogP contribution in [0.5, 0.6) is 0 Å².